The van der Waals surface area contributed by atoms with E-state index >= 15 is 0 Å². The quantitative estimate of drug-likeness (QED) is 0.333. The van der Waals surface area contributed by atoms with Gasteiger partial charge in [0.2, 0.25) is 5.91 Å². The number of carbonyl (C=O) groups excluding carboxylic acids is 2. The highest BCUT2D eigenvalue weighted by atomic mass is 127. The van der Waals surface area contributed by atoms with Crippen molar-refractivity contribution in [3.8, 4) is 0 Å². The molecule has 0 spiro atoms. The Bertz CT molecular complexity index is 426. The van der Waals surface area contributed by atoms with E-state index in [9.17, 15) is 9.59 Å². The lowest BCUT2D eigenvalue weighted by Crippen LogP contribution is -2.54. The second-order valence-corrected chi connectivity index (χ2v) is 5.51. The van der Waals surface area contributed by atoms with E-state index in [-0.39, 0.29) is 36.0 Å². The first-order chi connectivity index (χ1) is 11.6. The molecule has 0 radical (unpaired) electrons. The number of ether oxygens (including phenoxy) is 1. The minimum absolute atomic E-state index is 0. The van der Waals surface area contributed by atoms with Crippen molar-refractivity contribution in [2.24, 2.45) is 4.99 Å². The van der Waals surface area contributed by atoms with Gasteiger partial charge in [-0.25, -0.2) is 4.79 Å². The molecule has 25 heavy (non-hydrogen) atoms. The highest BCUT2D eigenvalue weighted by Crippen LogP contribution is 2.04. The maximum Gasteiger partial charge on any atom is 0.409 e. The molecule has 1 heterocycles. The molecule has 1 fully saturated rings. The fourth-order valence-corrected chi connectivity index (χ4v) is 2.36. The van der Waals surface area contributed by atoms with E-state index in [2.05, 4.69) is 20.5 Å². The Balaban J connectivity index is 0.00000576. The molecule has 1 aliphatic heterocycles. The van der Waals surface area contributed by atoms with E-state index in [1.165, 1.54) is 0 Å². The molecule has 0 unspecified atom stereocenters. The molecular formula is C16H32IN5O3. The van der Waals surface area contributed by atoms with Crippen LogP contribution in [0.3, 0.4) is 0 Å². The fourth-order valence-electron chi connectivity index (χ4n) is 2.36. The van der Waals surface area contributed by atoms with Crippen LogP contribution in [0.2, 0.25) is 0 Å². The Kier molecular flexibility index (Phi) is 13.3. The minimum atomic E-state index is -0.258. The van der Waals surface area contributed by atoms with Gasteiger partial charge < -0.3 is 25.2 Å². The smallest absolute Gasteiger partial charge is 0.409 e. The summed E-state index contributed by atoms with van der Waals surface area (Å²) in [6.45, 7) is 10.8. The third-order valence-corrected chi connectivity index (χ3v) is 3.61. The predicted octanol–water partition coefficient (Wildman–Crippen LogP) is 1.26. The minimum Gasteiger partial charge on any atom is -0.450 e. The highest BCUT2D eigenvalue weighted by molar-refractivity contribution is 14.0. The lowest BCUT2D eigenvalue weighted by Gasteiger charge is -2.35. The van der Waals surface area contributed by atoms with Crippen LogP contribution in [0.15, 0.2) is 4.99 Å². The van der Waals surface area contributed by atoms with Crippen LogP contribution >= 0.6 is 24.0 Å². The van der Waals surface area contributed by atoms with Gasteiger partial charge in [0.25, 0.3) is 0 Å². The van der Waals surface area contributed by atoms with Crippen molar-refractivity contribution in [2.45, 2.75) is 33.6 Å². The Morgan fingerprint density at radius 3 is 2.24 bits per heavy atom. The molecule has 0 atom stereocenters. The van der Waals surface area contributed by atoms with Gasteiger partial charge in [0.05, 0.1) is 13.2 Å². The van der Waals surface area contributed by atoms with Crippen LogP contribution in [0.1, 0.15) is 33.6 Å². The van der Waals surface area contributed by atoms with E-state index in [0.717, 1.165) is 18.9 Å². The van der Waals surface area contributed by atoms with Crippen LogP contribution < -0.4 is 10.6 Å². The van der Waals surface area contributed by atoms with Crippen molar-refractivity contribution in [1.82, 2.24) is 20.4 Å². The molecule has 0 aromatic rings. The van der Waals surface area contributed by atoms with Crippen molar-refractivity contribution in [3.63, 3.8) is 0 Å². The van der Waals surface area contributed by atoms with Gasteiger partial charge in [0.1, 0.15) is 0 Å². The molecule has 146 valence electrons. The number of piperazine rings is 1. The SMILES string of the molecule is CCCNC(=O)CCN=C(NCC)N1CCN(C(=O)OCC)CC1.I. The molecule has 8 nitrogen and oxygen atoms in total. The van der Waals surface area contributed by atoms with E-state index in [1.54, 1.807) is 11.8 Å². The summed E-state index contributed by atoms with van der Waals surface area (Å²) in [5, 5.41) is 6.10. The highest BCUT2D eigenvalue weighted by Gasteiger charge is 2.23. The van der Waals surface area contributed by atoms with Gasteiger partial charge in [0.15, 0.2) is 5.96 Å². The number of carbonyl (C=O) groups is 2. The zero-order valence-corrected chi connectivity index (χ0v) is 17.9. The molecule has 0 aromatic carbocycles. The van der Waals surface area contributed by atoms with Crippen molar-refractivity contribution in [1.29, 1.82) is 0 Å². The van der Waals surface area contributed by atoms with Gasteiger partial charge >= 0.3 is 6.09 Å². The molecule has 1 saturated heterocycles. The topological polar surface area (TPSA) is 86.3 Å². The second kappa shape index (κ2) is 14.0. The van der Waals surface area contributed by atoms with Crippen LogP contribution in [0.4, 0.5) is 4.79 Å². The van der Waals surface area contributed by atoms with Crippen LogP contribution in [-0.2, 0) is 9.53 Å². The third-order valence-electron chi connectivity index (χ3n) is 3.61. The number of hydrogen-bond donors (Lipinski definition) is 2. The number of hydrogen-bond acceptors (Lipinski definition) is 4. The summed E-state index contributed by atoms with van der Waals surface area (Å²) in [5.41, 5.74) is 0. The molecule has 1 aliphatic rings. The average Bonchev–Trinajstić information content (AvgIpc) is 2.59. The zero-order chi connectivity index (χ0) is 17.8. The number of amides is 2. The molecule has 0 aromatic heterocycles. The predicted molar refractivity (Wildman–Crippen MR) is 109 cm³/mol. The Morgan fingerprint density at radius 2 is 1.68 bits per heavy atom. The summed E-state index contributed by atoms with van der Waals surface area (Å²) >= 11 is 0. The van der Waals surface area contributed by atoms with Crippen molar-refractivity contribution in [3.05, 3.63) is 0 Å². The molecule has 2 amide bonds. The van der Waals surface area contributed by atoms with Crippen LogP contribution in [0, 0.1) is 0 Å². The van der Waals surface area contributed by atoms with E-state index in [0.29, 0.717) is 52.3 Å². The average molecular weight is 469 g/mol. The number of nitrogens with zero attached hydrogens (tertiary/aromatic N) is 3. The van der Waals surface area contributed by atoms with Gasteiger partial charge in [-0.05, 0) is 20.3 Å². The summed E-state index contributed by atoms with van der Waals surface area (Å²) < 4.78 is 5.03. The Hall–Kier alpha value is -1.26. The number of guanidine groups is 1. The van der Waals surface area contributed by atoms with Crippen LogP contribution in [-0.4, -0.2) is 80.2 Å². The third kappa shape index (κ3) is 9.13. The molecule has 0 aliphatic carbocycles. The van der Waals surface area contributed by atoms with E-state index in [4.69, 9.17) is 4.74 Å². The number of halogens is 1. The van der Waals surface area contributed by atoms with E-state index < -0.39 is 0 Å². The molecule has 0 bridgehead atoms. The maximum atomic E-state index is 11.7. The van der Waals surface area contributed by atoms with Gasteiger partial charge in [-0.15, -0.1) is 24.0 Å². The van der Waals surface area contributed by atoms with Gasteiger partial charge in [-0.2, -0.15) is 0 Å². The number of rotatable bonds is 7. The summed E-state index contributed by atoms with van der Waals surface area (Å²) in [5.74, 6) is 0.827. The van der Waals surface area contributed by atoms with Crippen molar-refractivity contribution in [2.75, 3.05) is 52.4 Å². The summed E-state index contributed by atoms with van der Waals surface area (Å²) in [6, 6.07) is 0. The standard InChI is InChI=1S/C16H31N5O3.HI/c1-4-8-18-14(22)7-9-19-15(17-5-2)20-10-12-21(13-11-20)16(23)24-6-3;/h4-13H2,1-3H3,(H,17,19)(H,18,22);1H. The summed E-state index contributed by atoms with van der Waals surface area (Å²) in [4.78, 5) is 31.7. The monoisotopic (exact) mass is 469 g/mol. The number of nitrogens with one attached hydrogen (secondary N) is 2. The van der Waals surface area contributed by atoms with E-state index in [1.807, 2.05) is 13.8 Å². The van der Waals surface area contributed by atoms with Gasteiger partial charge in [0, 0.05) is 45.7 Å². The molecular weight excluding hydrogens is 437 g/mol. The molecule has 2 N–H and O–H groups in total. The van der Waals surface area contributed by atoms with Gasteiger partial charge in [-0.3, -0.25) is 9.79 Å². The Morgan fingerprint density at radius 1 is 1.04 bits per heavy atom. The second-order valence-electron chi connectivity index (χ2n) is 5.51. The summed E-state index contributed by atoms with van der Waals surface area (Å²) in [7, 11) is 0. The molecule has 0 saturated carbocycles. The fraction of sp³-hybridized carbons (Fsp3) is 0.812. The first-order valence-corrected chi connectivity index (χ1v) is 8.83. The van der Waals surface area contributed by atoms with Gasteiger partial charge in [-0.1, -0.05) is 6.92 Å². The normalized spacial score (nSPS) is 14.6. The molecule has 1 rings (SSSR count). The molecule has 9 heteroatoms. The Labute approximate surface area is 167 Å². The maximum absolute atomic E-state index is 11.7. The lowest BCUT2D eigenvalue weighted by molar-refractivity contribution is -0.120. The zero-order valence-electron chi connectivity index (χ0n) is 15.5. The van der Waals surface area contributed by atoms with Crippen molar-refractivity contribution >= 4 is 41.9 Å². The number of aliphatic imine (C=N–C) groups is 1. The summed E-state index contributed by atoms with van der Waals surface area (Å²) in [6.07, 6.45) is 1.06. The first kappa shape index (κ1) is 23.7. The van der Waals surface area contributed by atoms with Crippen LogP contribution in [0.5, 0.6) is 0 Å². The van der Waals surface area contributed by atoms with Crippen molar-refractivity contribution < 1.29 is 14.3 Å². The lowest BCUT2D eigenvalue weighted by atomic mass is 10.3. The van der Waals surface area contributed by atoms with Crippen LogP contribution in [0.25, 0.3) is 0 Å². The first-order valence-electron chi connectivity index (χ1n) is 8.83. The largest absolute Gasteiger partial charge is 0.450 e.